The average Bonchev–Trinajstić information content (AvgIpc) is 2.72. The lowest BCUT2D eigenvalue weighted by atomic mass is 9.89. The summed E-state index contributed by atoms with van der Waals surface area (Å²) in [5.41, 5.74) is 10.6. The van der Waals surface area contributed by atoms with Gasteiger partial charge < -0.3 is 15.7 Å². The molecule has 0 unspecified atom stereocenters. The van der Waals surface area contributed by atoms with E-state index >= 15 is 0 Å². The fourth-order valence-corrected chi connectivity index (χ4v) is 3.91. The number of amides is 1. The standard InChI is InChI=1S/C24H25ClN4O2/c1-14-9-15(2)20(10-19(14)23(28)22(25)21(27)7-8-30)24(31)29-12-18(13-29)17-5-3-16(11-26)4-6-17/h3-6,9-10,18,28,30H,7-8,12-13,27H2,1-2H3. The third kappa shape index (κ3) is 4.63. The lowest BCUT2D eigenvalue weighted by molar-refractivity contribution is 0.0601. The van der Waals surface area contributed by atoms with Crippen LogP contribution in [0.4, 0.5) is 0 Å². The minimum atomic E-state index is -0.151. The maximum atomic E-state index is 13.1. The van der Waals surface area contributed by atoms with Crippen molar-refractivity contribution >= 4 is 23.2 Å². The molecule has 1 aliphatic rings. The number of hydrogen-bond donors (Lipinski definition) is 3. The van der Waals surface area contributed by atoms with E-state index in [0.717, 1.165) is 16.7 Å². The van der Waals surface area contributed by atoms with Gasteiger partial charge in [-0.3, -0.25) is 10.2 Å². The van der Waals surface area contributed by atoms with E-state index in [9.17, 15) is 4.79 Å². The van der Waals surface area contributed by atoms with Crippen LogP contribution in [-0.4, -0.2) is 41.3 Å². The van der Waals surface area contributed by atoms with Crippen LogP contribution >= 0.6 is 11.6 Å². The number of hydrogen-bond acceptors (Lipinski definition) is 5. The van der Waals surface area contributed by atoms with E-state index < -0.39 is 0 Å². The van der Waals surface area contributed by atoms with Crippen molar-refractivity contribution in [1.29, 1.82) is 10.7 Å². The third-order valence-corrected chi connectivity index (χ3v) is 6.07. The van der Waals surface area contributed by atoms with E-state index in [1.165, 1.54) is 0 Å². The zero-order valence-corrected chi connectivity index (χ0v) is 18.3. The zero-order chi connectivity index (χ0) is 22.7. The Morgan fingerprint density at radius 2 is 1.84 bits per heavy atom. The van der Waals surface area contributed by atoms with Gasteiger partial charge >= 0.3 is 0 Å². The highest BCUT2D eigenvalue weighted by atomic mass is 35.5. The second-order valence-corrected chi connectivity index (χ2v) is 8.19. The molecule has 0 saturated carbocycles. The number of nitriles is 1. The highest BCUT2D eigenvalue weighted by Crippen LogP contribution is 2.30. The number of nitrogens with zero attached hydrogens (tertiary/aromatic N) is 2. The molecule has 1 aliphatic heterocycles. The molecule has 2 aromatic rings. The molecule has 1 fully saturated rings. The minimum absolute atomic E-state index is 0.0400. The number of aliphatic hydroxyl groups is 1. The van der Waals surface area contributed by atoms with Gasteiger partial charge in [0.05, 0.1) is 22.4 Å². The van der Waals surface area contributed by atoms with E-state index in [-0.39, 0.29) is 41.3 Å². The molecular weight excluding hydrogens is 412 g/mol. The van der Waals surface area contributed by atoms with E-state index in [1.54, 1.807) is 23.1 Å². The number of nitrogens with two attached hydrogens (primary N) is 1. The zero-order valence-electron chi connectivity index (χ0n) is 17.6. The fourth-order valence-electron chi connectivity index (χ4n) is 3.72. The first-order chi connectivity index (χ1) is 14.8. The molecule has 0 atom stereocenters. The van der Waals surface area contributed by atoms with Gasteiger partial charge in [0, 0.05) is 48.9 Å². The number of aryl methyl sites for hydroxylation is 2. The predicted molar refractivity (Wildman–Crippen MR) is 121 cm³/mol. The van der Waals surface area contributed by atoms with E-state index in [4.69, 9.17) is 33.1 Å². The van der Waals surface area contributed by atoms with Crippen LogP contribution in [0.15, 0.2) is 47.1 Å². The number of benzene rings is 2. The molecule has 4 N–H and O–H groups in total. The number of allylic oxidation sites excluding steroid dienone is 1. The molecule has 7 heteroatoms. The topological polar surface area (TPSA) is 114 Å². The first-order valence-electron chi connectivity index (χ1n) is 10.0. The smallest absolute Gasteiger partial charge is 0.254 e. The summed E-state index contributed by atoms with van der Waals surface area (Å²) in [5, 5.41) is 26.5. The summed E-state index contributed by atoms with van der Waals surface area (Å²) in [6, 6.07) is 13.2. The first kappa shape index (κ1) is 22.5. The van der Waals surface area contributed by atoms with Crippen molar-refractivity contribution in [3.05, 3.63) is 80.5 Å². The summed E-state index contributed by atoms with van der Waals surface area (Å²) in [5.74, 6) is 0.163. The number of halogens is 1. The lowest BCUT2D eigenvalue weighted by Crippen LogP contribution is -2.48. The number of carbonyl (C=O) groups excluding carboxylic acids is 1. The van der Waals surface area contributed by atoms with Crippen LogP contribution in [0.5, 0.6) is 0 Å². The maximum absolute atomic E-state index is 13.1. The summed E-state index contributed by atoms with van der Waals surface area (Å²) in [7, 11) is 0. The van der Waals surface area contributed by atoms with Crippen molar-refractivity contribution in [2.45, 2.75) is 26.2 Å². The van der Waals surface area contributed by atoms with Gasteiger partial charge in [-0.15, -0.1) is 0 Å². The Bertz CT molecular complexity index is 1090. The van der Waals surface area contributed by atoms with Gasteiger partial charge in [0.15, 0.2) is 0 Å². The van der Waals surface area contributed by atoms with Crippen molar-refractivity contribution in [1.82, 2.24) is 4.90 Å². The van der Waals surface area contributed by atoms with Crippen LogP contribution in [0.25, 0.3) is 0 Å². The quantitative estimate of drug-likeness (QED) is 0.600. The largest absolute Gasteiger partial charge is 0.401 e. The van der Waals surface area contributed by atoms with E-state index in [0.29, 0.717) is 29.8 Å². The van der Waals surface area contributed by atoms with E-state index in [2.05, 4.69) is 6.07 Å². The van der Waals surface area contributed by atoms with Crippen LogP contribution in [0, 0.1) is 30.6 Å². The number of likely N-dealkylation sites (tertiary alicyclic amines) is 1. The number of aliphatic hydroxyl groups excluding tert-OH is 1. The second-order valence-electron chi connectivity index (χ2n) is 7.81. The molecule has 0 aromatic heterocycles. The van der Waals surface area contributed by atoms with Gasteiger partial charge in [-0.1, -0.05) is 29.8 Å². The summed E-state index contributed by atoms with van der Waals surface area (Å²) in [6.45, 7) is 4.80. The van der Waals surface area contributed by atoms with Gasteiger partial charge in [-0.05, 0) is 48.7 Å². The number of nitrogens with one attached hydrogen (secondary N) is 1. The second kappa shape index (κ2) is 9.34. The molecule has 2 aromatic carbocycles. The van der Waals surface area contributed by atoms with E-state index in [1.807, 2.05) is 32.0 Å². The lowest BCUT2D eigenvalue weighted by Gasteiger charge is -2.40. The van der Waals surface area contributed by atoms with Crippen molar-refractivity contribution < 1.29 is 9.90 Å². The summed E-state index contributed by atoms with van der Waals surface area (Å²) in [6.07, 6.45) is 0.183. The maximum Gasteiger partial charge on any atom is 0.254 e. The Hall–Kier alpha value is -3.14. The van der Waals surface area contributed by atoms with Gasteiger partial charge in [0.1, 0.15) is 0 Å². The number of rotatable bonds is 6. The molecule has 0 radical (unpaired) electrons. The molecule has 31 heavy (non-hydrogen) atoms. The predicted octanol–water partition coefficient (Wildman–Crippen LogP) is 3.57. The third-order valence-electron chi connectivity index (χ3n) is 5.63. The first-order valence-corrected chi connectivity index (χ1v) is 10.4. The Balaban J connectivity index is 1.79. The highest BCUT2D eigenvalue weighted by Gasteiger charge is 2.33. The molecule has 160 valence electrons. The highest BCUT2D eigenvalue weighted by molar-refractivity contribution is 6.46. The van der Waals surface area contributed by atoms with Crippen LogP contribution in [-0.2, 0) is 0 Å². The molecule has 1 amide bonds. The minimum Gasteiger partial charge on any atom is -0.401 e. The van der Waals surface area contributed by atoms with Crippen molar-refractivity contribution in [2.75, 3.05) is 19.7 Å². The molecule has 6 nitrogen and oxygen atoms in total. The van der Waals surface area contributed by atoms with Crippen LogP contribution < -0.4 is 5.73 Å². The molecule has 0 spiro atoms. The average molecular weight is 437 g/mol. The van der Waals surface area contributed by atoms with Crippen LogP contribution in [0.1, 0.15) is 50.5 Å². The molecule has 0 aliphatic carbocycles. The van der Waals surface area contributed by atoms with Crippen molar-refractivity contribution in [3.63, 3.8) is 0 Å². The van der Waals surface area contributed by atoms with Gasteiger partial charge in [-0.25, -0.2) is 0 Å². The molecular formula is C24H25ClN4O2. The van der Waals surface area contributed by atoms with Crippen LogP contribution in [0.2, 0.25) is 0 Å². The summed E-state index contributed by atoms with van der Waals surface area (Å²) < 4.78 is 0. The van der Waals surface area contributed by atoms with Crippen LogP contribution in [0.3, 0.4) is 0 Å². The summed E-state index contributed by atoms with van der Waals surface area (Å²) in [4.78, 5) is 14.9. The van der Waals surface area contributed by atoms with Gasteiger partial charge in [-0.2, -0.15) is 5.26 Å². The summed E-state index contributed by atoms with van der Waals surface area (Å²) >= 11 is 6.25. The Kier molecular flexibility index (Phi) is 6.79. The Morgan fingerprint density at radius 3 is 2.42 bits per heavy atom. The van der Waals surface area contributed by atoms with Gasteiger partial charge in [0.2, 0.25) is 0 Å². The Labute approximate surface area is 187 Å². The SMILES string of the molecule is Cc1cc(C)c(C(=O)N2CC(c3ccc(C#N)cc3)C2)cc1C(=N)C(Cl)=C(N)CCO. The van der Waals surface area contributed by atoms with Crippen molar-refractivity contribution in [2.24, 2.45) is 5.73 Å². The molecule has 3 rings (SSSR count). The fraction of sp³-hybridized carbons (Fsp3) is 0.292. The normalized spacial score (nSPS) is 14.5. The van der Waals surface area contributed by atoms with Crippen molar-refractivity contribution in [3.8, 4) is 6.07 Å². The molecule has 1 saturated heterocycles. The number of carbonyl (C=O) groups is 1. The monoisotopic (exact) mass is 436 g/mol. The Morgan fingerprint density at radius 1 is 1.23 bits per heavy atom. The van der Waals surface area contributed by atoms with Gasteiger partial charge in [0.25, 0.3) is 5.91 Å². The molecule has 0 bridgehead atoms. The molecule has 1 heterocycles.